The van der Waals surface area contributed by atoms with E-state index in [4.69, 9.17) is 12.2 Å². The number of thiocarbonyl (C=S) groups is 1. The van der Waals surface area contributed by atoms with Gasteiger partial charge >= 0.3 is 0 Å². The van der Waals surface area contributed by atoms with Crippen LogP contribution in [0.2, 0.25) is 0 Å². The van der Waals surface area contributed by atoms with Crippen molar-refractivity contribution in [3.8, 4) is 0 Å². The van der Waals surface area contributed by atoms with Crippen LogP contribution in [0, 0.1) is 19.7 Å². The quantitative estimate of drug-likeness (QED) is 0.750. The maximum absolute atomic E-state index is 13.6. The second-order valence-electron chi connectivity index (χ2n) is 5.79. The Morgan fingerprint density at radius 2 is 2.04 bits per heavy atom. The average molecular weight is 346 g/mol. The van der Waals surface area contributed by atoms with Crippen molar-refractivity contribution < 1.29 is 4.39 Å². The molecule has 0 aromatic heterocycles. The van der Waals surface area contributed by atoms with Crippen LogP contribution in [-0.4, -0.2) is 10.9 Å². The summed E-state index contributed by atoms with van der Waals surface area (Å²) in [7, 11) is 0. The predicted octanol–water partition coefficient (Wildman–Crippen LogP) is 4.97. The molecule has 1 aliphatic rings. The van der Waals surface area contributed by atoms with Crippen molar-refractivity contribution in [3.63, 3.8) is 0 Å². The van der Waals surface area contributed by atoms with Crippen molar-refractivity contribution in [1.29, 1.82) is 0 Å². The van der Waals surface area contributed by atoms with E-state index < -0.39 is 0 Å². The molecule has 2 nitrogen and oxygen atoms in total. The Morgan fingerprint density at radius 1 is 1.22 bits per heavy atom. The molecule has 0 spiro atoms. The Hall–Kier alpha value is -1.59. The largest absolute Gasteiger partial charge is 0.356 e. The van der Waals surface area contributed by atoms with Gasteiger partial charge in [-0.05, 0) is 73.4 Å². The highest BCUT2D eigenvalue weighted by Crippen LogP contribution is 2.36. The molecule has 3 rings (SSSR count). The van der Waals surface area contributed by atoms with Crippen LogP contribution in [0.15, 0.2) is 41.3 Å². The summed E-state index contributed by atoms with van der Waals surface area (Å²) in [4.78, 5) is 1.13. The van der Waals surface area contributed by atoms with Crippen molar-refractivity contribution >= 4 is 34.8 Å². The first-order valence-corrected chi connectivity index (χ1v) is 8.99. The highest BCUT2D eigenvalue weighted by molar-refractivity contribution is 7.99. The monoisotopic (exact) mass is 346 g/mol. The minimum atomic E-state index is -0.202. The normalized spacial score (nSPS) is 16.6. The lowest BCUT2D eigenvalue weighted by atomic mass is 10.0. The average Bonchev–Trinajstić information content (AvgIpc) is 2.51. The van der Waals surface area contributed by atoms with Crippen LogP contribution < -0.4 is 10.6 Å². The molecule has 1 atom stereocenters. The van der Waals surface area contributed by atoms with Crippen molar-refractivity contribution in [1.82, 2.24) is 5.32 Å². The van der Waals surface area contributed by atoms with Crippen LogP contribution in [0.1, 0.15) is 29.2 Å². The van der Waals surface area contributed by atoms with Crippen molar-refractivity contribution in [2.45, 2.75) is 31.2 Å². The number of fused-ring (bicyclic) bond motifs is 1. The van der Waals surface area contributed by atoms with Crippen LogP contribution in [0.4, 0.5) is 10.1 Å². The molecule has 0 unspecified atom stereocenters. The number of hydrogen-bond acceptors (Lipinski definition) is 2. The molecule has 0 radical (unpaired) electrons. The molecule has 23 heavy (non-hydrogen) atoms. The van der Waals surface area contributed by atoms with Gasteiger partial charge in [0.15, 0.2) is 5.11 Å². The third kappa shape index (κ3) is 3.85. The fourth-order valence-electron chi connectivity index (χ4n) is 2.70. The highest BCUT2D eigenvalue weighted by Gasteiger charge is 2.22. The summed E-state index contributed by atoms with van der Waals surface area (Å²) in [6.45, 7) is 4.10. The summed E-state index contributed by atoms with van der Waals surface area (Å²) >= 11 is 7.23. The molecule has 0 bridgehead atoms. The SMILES string of the molecule is Cc1ccc(C)c(NC(=S)N[C@@H]2CCSc3ccc(F)cc32)c1. The lowest BCUT2D eigenvalue weighted by Crippen LogP contribution is -2.34. The molecule has 0 aliphatic carbocycles. The molecule has 120 valence electrons. The number of thioether (sulfide) groups is 1. The van der Waals surface area contributed by atoms with E-state index in [-0.39, 0.29) is 11.9 Å². The molecule has 2 aromatic carbocycles. The van der Waals surface area contributed by atoms with E-state index >= 15 is 0 Å². The van der Waals surface area contributed by atoms with Crippen LogP contribution >= 0.6 is 24.0 Å². The third-order valence-corrected chi connectivity index (χ3v) is 5.30. The maximum Gasteiger partial charge on any atom is 0.171 e. The summed E-state index contributed by atoms with van der Waals surface area (Å²) in [5.41, 5.74) is 4.33. The molecule has 5 heteroatoms. The standard InChI is InChI=1S/C18H19FN2S2/c1-11-3-4-12(2)16(9-11)21-18(22)20-15-7-8-23-17-6-5-13(19)10-14(15)17/h3-6,9-10,15H,7-8H2,1-2H3,(H2,20,21,22)/t15-/m1/s1. The number of aryl methyl sites for hydroxylation is 2. The first-order chi connectivity index (χ1) is 11.0. The van der Waals surface area contributed by atoms with E-state index in [1.54, 1.807) is 17.8 Å². The second-order valence-corrected chi connectivity index (χ2v) is 7.33. The zero-order valence-corrected chi connectivity index (χ0v) is 14.8. The fourth-order valence-corrected chi connectivity index (χ4v) is 4.06. The van der Waals surface area contributed by atoms with Gasteiger partial charge in [0.2, 0.25) is 0 Å². The van der Waals surface area contributed by atoms with Gasteiger partial charge in [0, 0.05) is 16.3 Å². The summed E-state index contributed by atoms with van der Waals surface area (Å²) in [6.07, 6.45) is 0.926. The second kappa shape index (κ2) is 6.89. The van der Waals surface area contributed by atoms with Crippen LogP contribution in [0.25, 0.3) is 0 Å². The Bertz CT molecular complexity index is 746. The topological polar surface area (TPSA) is 24.1 Å². The number of anilines is 1. The Balaban J connectivity index is 1.74. The molecule has 1 heterocycles. The summed E-state index contributed by atoms with van der Waals surface area (Å²) in [5.74, 6) is 0.800. The molecule has 0 fully saturated rings. The Morgan fingerprint density at radius 3 is 2.87 bits per heavy atom. The van der Waals surface area contributed by atoms with Gasteiger partial charge in [-0.25, -0.2) is 4.39 Å². The first kappa shape index (κ1) is 16.3. The number of benzene rings is 2. The van der Waals surface area contributed by atoms with Gasteiger partial charge < -0.3 is 10.6 Å². The zero-order chi connectivity index (χ0) is 16.4. The minimum Gasteiger partial charge on any atom is -0.356 e. The molecule has 0 saturated carbocycles. The first-order valence-electron chi connectivity index (χ1n) is 7.60. The molecule has 1 aliphatic heterocycles. The van der Waals surface area contributed by atoms with Crippen LogP contribution in [-0.2, 0) is 0 Å². The van der Waals surface area contributed by atoms with E-state index in [2.05, 4.69) is 35.8 Å². The van der Waals surface area contributed by atoms with Gasteiger partial charge in [-0.3, -0.25) is 0 Å². The van der Waals surface area contributed by atoms with Gasteiger partial charge in [-0.2, -0.15) is 0 Å². The molecular formula is C18H19FN2S2. The maximum atomic E-state index is 13.6. The van der Waals surface area contributed by atoms with E-state index in [0.29, 0.717) is 5.11 Å². The Labute approximate surface area is 145 Å². The highest BCUT2D eigenvalue weighted by atomic mass is 32.2. The van der Waals surface area contributed by atoms with E-state index in [9.17, 15) is 4.39 Å². The molecular weight excluding hydrogens is 327 g/mol. The van der Waals surface area contributed by atoms with Crippen molar-refractivity contribution in [2.75, 3.05) is 11.1 Å². The number of halogens is 1. The van der Waals surface area contributed by atoms with Crippen molar-refractivity contribution in [2.24, 2.45) is 0 Å². The van der Waals surface area contributed by atoms with Gasteiger partial charge in [0.05, 0.1) is 6.04 Å². The van der Waals surface area contributed by atoms with E-state index in [1.807, 2.05) is 13.0 Å². The third-order valence-electron chi connectivity index (χ3n) is 3.96. The number of rotatable bonds is 2. The molecule has 0 amide bonds. The van der Waals surface area contributed by atoms with Gasteiger partial charge in [-0.15, -0.1) is 11.8 Å². The Kier molecular flexibility index (Phi) is 4.87. The molecule has 2 aromatic rings. The van der Waals surface area contributed by atoms with Gasteiger partial charge in [0.25, 0.3) is 0 Å². The number of nitrogens with one attached hydrogen (secondary N) is 2. The number of hydrogen-bond donors (Lipinski definition) is 2. The lowest BCUT2D eigenvalue weighted by Gasteiger charge is -2.27. The summed E-state index contributed by atoms with van der Waals surface area (Å²) in [6, 6.07) is 11.3. The summed E-state index contributed by atoms with van der Waals surface area (Å²) < 4.78 is 13.6. The van der Waals surface area contributed by atoms with E-state index in [0.717, 1.165) is 33.9 Å². The predicted molar refractivity (Wildman–Crippen MR) is 99.8 cm³/mol. The molecule has 0 saturated heterocycles. The smallest absolute Gasteiger partial charge is 0.171 e. The summed E-state index contributed by atoms with van der Waals surface area (Å²) in [5, 5.41) is 7.18. The lowest BCUT2D eigenvalue weighted by molar-refractivity contribution is 0.587. The fraction of sp³-hybridized carbons (Fsp3) is 0.278. The molecule has 2 N–H and O–H groups in total. The zero-order valence-electron chi connectivity index (χ0n) is 13.2. The van der Waals surface area contributed by atoms with Crippen molar-refractivity contribution in [3.05, 3.63) is 58.9 Å². The minimum absolute atomic E-state index is 0.0482. The van der Waals surface area contributed by atoms with Gasteiger partial charge in [-0.1, -0.05) is 12.1 Å². The van der Waals surface area contributed by atoms with Crippen LogP contribution in [0.5, 0.6) is 0 Å². The van der Waals surface area contributed by atoms with Gasteiger partial charge in [0.1, 0.15) is 5.82 Å². The van der Waals surface area contributed by atoms with E-state index in [1.165, 1.54) is 11.6 Å². The van der Waals surface area contributed by atoms with Crippen LogP contribution in [0.3, 0.4) is 0 Å².